The van der Waals surface area contributed by atoms with Crippen LogP contribution >= 0.6 is 0 Å². The Balaban J connectivity index is 1.48. The molecule has 1 atom stereocenters. The number of rotatable bonds is 3. The van der Waals surface area contributed by atoms with E-state index in [1.807, 2.05) is 30.5 Å². The Morgan fingerprint density at radius 3 is 2.93 bits per heavy atom. The first-order valence-corrected chi connectivity index (χ1v) is 9.37. The molecule has 27 heavy (non-hydrogen) atoms. The summed E-state index contributed by atoms with van der Waals surface area (Å²) in [5, 5.41) is 0.962. The molecule has 0 amide bonds. The van der Waals surface area contributed by atoms with Gasteiger partial charge in [0.15, 0.2) is 11.5 Å². The third kappa shape index (κ3) is 3.06. The van der Waals surface area contributed by atoms with Gasteiger partial charge in [0.1, 0.15) is 0 Å². The molecular weight excluding hydrogens is 342 g/mol. The van der Waals surface area contributed by atoms with E-state index in [2.05, 4.69) is 20.9 Å². The number of aromatic nitrogens is 2. The number of likely N-dealkylation sites (tertiary alicyclic amines) is 1. The molecule has 138 valence electrons. The molecular formula is C21H21N3O3. The SMILES string of the molecule is O=c1[nH]c2cc3c(cc2cc1CN1CCCC[C@H]1c1cccnc1)OCO3. The zero-order valence-corrected chi connectivity index (χ0v) is 15.0. The average molecular weight is 363 g/mol. The van der Waals surface area contributed by atoms with Crippen LogP contribution in [0.25, 0.3) is 10.9 Å². The fourth-order valence-corrected chi connectivity index (χ4v) is 4.11. The third-order valence-corrected chi connectivity index (χ3v) is 5.47. The van der Waals surface area contributed by atoms with Crippen LogP contribution in [0.4, 0.5) is 0 Å². The van der Waals surface area contributed by atoms with E-state index in [-0.39, 0.29) is 12.4 Å². The van der Waals surface area contributed by atoms with Crippen molar-refractivity contribution in [3.63, 3.8) is 0 Å². The third-order valence-electron chi connectivity index (χ3n) is 5.47. The lowest BCUT2D eigenvalue weighted by Gasteiger charge is -2.35. The van der Waals surface area contributed by atoms with Crippen LogP contribution in [0.2, 0.25) is 0 Å². The van der Waals surface area contributed by atoms with Crippen molar-refractivity contribution in [2.24, 2.45) is 0 Å². The normalized spacial score (nSPS) is 19.5. The standard InChI is InChI=1S/C21H21N3O3/c25-21-16(8-15-9-19-20(27-13-26-19)10-17(15)23-21)12-24-7-2-1-5-18(24)14-4-3-6-22-11-14/h3-4,6,8-11,18H,1-2,5,7,12-13H2,(H,23,25)/t18-/m0/s1. The van der Waals surface area contributed by atoms with Gasteiger partial charge in [0.25, 0.3) is 5.56 Å². The Kier molecular flexibility index (Phi) is 4.05. The molecule has 3 aromatic rings. The maximum absolute atomic E-state index is 12.7. The molecule has 4 heterocycles. The van der Waals surface area contributed by atoms with E-state index in [1.165, 1.54) is 12.0 Å². The number of pyridine rings is 2. The molecule has 0 radical (unpaired) electrons. The molecule has 0 spiro atoms. The molecule has 6 nitrogen and oxygen atoms in total. The summed E-state index contributed by atoms with van der Waals surface area (Å²) >= 11 is 0. The van der Waals surface area contributed by atoms with Crippen LogP contribution in [-0.4, -0.2) is 28.2 Å². The Labute approximate surface area is 156 Å². The largest absolute Gasteiger partial charge is 0.454 e. The van der Waals surface area contributed by atoms with Crippen molar-refractivity contribution in [3.8, 4) is 11.5 Å². The van der Waals surface area contributed by atoms with Crippen LogP contribution in [0, 0.1) is 0 Å². The van der Waals surface area contributed by atoms with Crippen LogP contribution < -0.4 is 15.0 Å². The minimum absolute atomic E-state index is 0.0446. The predicted octanol–water partition coefficient (Wildman–Crippen LogP) is 3.38. The molecule has 1 N–H and O–H groups in total. The van der Waals surface area contributed by atoms with E-state index in [9.17, 15) is 4.79 Å². The first kappa shape index (κ1) is 16.3. The molecule has 5 rings (SSSR count). The van der Waals surface area contributed by atoms with Gasteiger partial charge in [-0.05, 0) is 43.1 Å². The number of nitrogens with zero attached hydrogens (tertiary/aromatic N) is 2. The van der Waals surface area contributed by atoms with Crippen molar-refractivity contribution >= 4 is 10.9 Å². The van der Waals surface area contributed by atoms with Gasteiger partial charge in [-0.3, -0.25) is 14.7 Å². The first-order valence-electron chi connectivity index (χ1n) is 9.37. The summed E-state index contributed by atoms with van der Waals surface area (Å²) in [5.41, 5.74) is 2.72. The summed E-state index contributed by atoms with van der Waals surface area (Å²) in [5.74, 6) is 1.41. The fourth-order valence-electron chi connectivity index (χ4n) is 4.11. The molecule has 2 aliphatic heterocycles. The number of nitrogens with one attached hydrogen (secondary N) is 1. The van der Waals surface area contributed by atoms with Gasteiger partial charge in [-0.2, -0.15) is 0 Å². The minimum atomic E-state index is -0.0446. The maximum atomic E-state index is 12.7. The molecule has 2 aromatic heterocycles. The van der Waals surface area contributed by atoms with Gasteiger partial charge in [-0.25, -0.2) is 0 Å². The van der Waals surface area contributed by atoms with Crippen LogP contribution in [-0.2, 0) is 6.54 Å². The second-order valence-electron chi connectivity index (χ2n) is 7.18. The zero-order chi connectivity index (χ0) is 18.2. The molecule has 0 bridgehead atoms. The summed E-state index contributed by atoms with van der Waals surface area (Å²) in [6, 6.07) is 10.2. The van der Waals surface area contributed by atoms with Gasteiger partial charge < -0.3 is 14.5 Å². The molecule has 0 aliphatic carbocycles. The topological polar surface area (TPSA) is 67.5 Å². The Hall–Kier alpha value is -2.86. The Morgan fingerprint density at radius 2 is 2.07 bits per heavy atom. The van der Waals surface area contributed by atoms with Crippen LogP contribution in [0.15, 0.2) is 47.5 Å². The van der Waals surface area contributed by atoms with Crippen molar-refractivity contribution in [2.75, 3.05) is 13.3 Å². The first-order chi connectivity index (χ1) is 13.3. The number of hydrogen-bond donors (Lipinski definition) is 1. The predicted molar refractivity (Wildman–Crippen MR) is 102 cm³/mol. The van der Waals surface area contributed by atoms with Crippen LogP contribution in [0.5, 0.6) is 11.5 Å². The molecule has 1 saturated heterocycles. The summed E-state index contributed by atoms with van der Waals surface area (Å²) in [7, 11) is 0. The highest BCUT2D eigenvalue weighted by atomic mass is 16.7. The lowest BCUT2D eigenvalue weighted by atomic mass is 9.96. The van der Waals surface area contributed by atoms with Gasteiger partial charge in [0.05, 0.1) is 5.52 Å². The average Bonchev–Trinajstić information content (AvgIpc) is 3.15. The summed E-state index contributed by atoms with van der Waals surface area (Å²) in [4.78, 5) is 22.4. The van der Waals surface area contributed by atoms with E-state index in [0.717, 1.165) is 41.6 Å². The number of fused-ring (bicyclic) bond motifs is 2. The highest BCUT2D eigenvalue weighted by Gasteiger charge is 2.25. The van der Waals surface area contributed by atoms with Crippen LogP contribution in [0.1, 0.15) is 36.4 Å². The smallest absolute Gasteiger partial charge is 0.252 e. The molecule has 1 fully saturated rings. The number of aromatic amines is 1. The lowest BCUT2D eigenvalue weighted by Crippen LogP contribution is -2.34. The molecule has 0 unspecified atom stereocenters. The number of hydrogen-bond acceptors (Lipinski definition) is 5. The van der Waals surface area contributed by atoms with Crippen molar-refractivity contribution in [3.05, 3.63) is 64.2 Å². The van der Waals surface area contributed by atoms with Gasteiger partial charge in [-0.15, -0.1) is 0 Å². The second-order valence-corrected chi connectivity index (χ2v) is 7.18. The van der Waals surface area contributed by atoms with E-state index in [4.69, 9.17) is 9.47 Å². The van der Waals surface area contributed by atoms with Gasteiger partial charge in [0.2, 0.25) is 6.79 Å². The van der Waals surface area contributed by atoms with Crippen LogP contribution in [0.3, 0.4) is 0 Å². The van der Waals surface area contributed by atoms with Crippen molar-refractivity contribution in [1.82, 2.24) is 14.9 Å². The Bertz CT molecular complexity index is 1030. The number of benzene rings is 1. The van der Waals surface area contributed by atoms with Gasteiger partial charge in [0, 0.05) is 42.0 Å². The quantitative estimate of drug-likeness (QED) is 0.773. The van der Waals surface area contributed by atoms with Crippen molar-refractivity contribution in [1.29, 1.82) is 0 Å². The Morgan fingerprint density at radius 1 is 1.19 bits per heavy atom. The molecule has 0 saturated carbocycles. The van der Waals surface area contributed by atoms with E-state index in [1.54, 1.807) is 6.20 Å². The maximum Gasteiger partial charge on any atom is 0.252 e. The highest BCUT2D eigenvalue weighted by Crippen LogP contribution is 2.36. The summed E-state index contributed by atoms with van der Waals surface area (Å²) < 4.78 is 10.9. The van der Waals surface area contributed by atoms with Crippen molar-refractivity contribution in [2.45, 2.75) is 31.8 Å². The highest BCUT2D eigenvalue weighted by molar-refractivity contribution is 5.83. The number of H-pyrrole nitrogens is 1. The molecule has 2 aliphatic rings. The zero-order valence-electron chi connectivity index (χ0n) is 15.0. The van der Waals surface area contributed by atoms with E-state index >= 15 is 0 Å². The minimum Gasteiger partial charge on any atom is -0.454 e. The number of ether oxygens (including phenoxy) is 2. The summed E-state index contributed by atoms with van der Waals surface area (Å²) in [6.45, 7) is 1.83. The van der Waals surface area contributed by atoms with Gasteiger partial charge in [-0.1, -0.05) is 12.5 Å². The van der Waals surface area contributed by atoms with Crippen molar-refractivity contribution < 1.29 is 9.47 Å². The molecule has 6 heteroatoms. The summed E-state index contributed by atoms with van der Waals surface area (Å²) in [6.07, 6.45) is 7.19. The fraction of sp³-hybridized carbons (Fsp3) is 0.333. The molecule has 1 aromatic carbocycles. The number of piperidine rings is 1. The van der Waals surface area contributed by atoms with E-state index < -0.39 is 0 Å². The van der Waals surface area contributed by atoms with E-state index in [0.29, 0.717) is 18.3 Å². The van der Waals surface area contributed by atoms with Gasteiger partial charge >= 0.3 is 0 Å². The monoisotopic (exact) mass is 363 g/mol. The second kappa shape index (κ2) is 6.70. The lowest BCUT2D eigenvalue weighted by molar-refractivity contribution is 0.139.